The second-order valence-electron chi connectivity index (χ2n) is 6.86. The number of amides is 1. The predicted molar refractivity (Wildman–Crippen MR) is 107 cm³/mol. The first-order valence-corrected chi connectivity index (χ1v) is 9.14. The van der Waals surface area contributed by atoms with Crippen molar-refractivity contribution in [2.45, 2.75) is 19.4 Å². The van der Waals surface area contributed by atoms with E-state index in [0.717, 1.165) is 5.56 Å². The van der Waals surface area contributed by atoms with E-state index in [1.807, 2.05) is 31.3 Å². The van der Waals surface area contributed by atoms with Crippen molar-refractivity contribution >= 4 is 22.8 Å². The van der Waals surface area contributed by atoms with E-state index in [-0.39, 0.29) is 12.5 Å². The number of aromatic nitrogens is 1. The average Bonchev–Trinajstić information content (AvgIpc) is 3.01. The van der Waals surface area contributed by atoms with Crippen LogP contribution in [0, 0.1) is 0 Å². The fraction of sp³-hybridized carbons (Fsp3) is 0.273. The molecule has 0 aliphatic heterocycles. The molecule has 146 valence electrons. The summed E-state index contributed by atoms with van der Waals surface area (Å²) in [7, 11) is 3.81. The third-order valence-corrected chi connectivity index (χ3v) is 4.72. The van der Waals surface area contributed by atoms with Gasteiger partial charge in [-0.1, -0.05) is 30.3 Å². The van der Waals surface area contributed by atoms with Gasteiger partial charge in [0.15, 0.2) is 6.61 Å². The standard InChI is InChI=1S/C22H24N2O4/c1-23-14-17(19-5-3-4-6-20(19)23)9-12-21(25)24(2)13-16-7-10-18(11-8-16)28-15-22(26)27/h3-8,10-11,14H,9,12-13,15H2,1-2H3,(H,26,27). The van der Waals surface area contributed by atoms with Gasteiger partial charge in [0.05, 0.1) is 0 Å². The van der Waals surface area contributed by atoms with Crippen molar-refractivity contribution in [2.75, 3.05) is 13.7 Å². The van der Waals surface area contributed by atoms with Crippen LogP contribution < -0.4 is 4.74 Å². The van der Waals surface area contributed by atoms with Gasteiger partial charge in [0, 0.05) is 44.2 Å². The lowest BCUT2D eigenvalue weighted by molar-refractivity contribution is -0.139. The molecule has 0 aliphatic carbocycles. The molecular weight excluding hydrogens is 356 g/mol. The number of hydrogen-bond donors (Lipinski definition) is 1. The van der Waals surface area contributed by atoms with E-state index in [9.17, 15) is 9.59 Å². The van der Waals surface area contributed by atoms with Gasteiger partial charge in [0.2, 0.25) is 5.91 Å². The first-order chi connectivity index (χ1) is 13.4. The van der Waals surface area contributed by atoms with E-state index < -0.39 is 5.97 Å². The molecule has 3 aromatic rings. The number of fused-ring (bicyclic) bond motifs is 1. The molecule has 0 aliphatic rings. The number of hydrogen-bond acceptors (Lipinski definition) is 3. The van der Waals surface area contributed by atoms with Crippen molar-refractivity contribution in [2.24, 2.45) is 7.05 Å². The number of aryl methyl sites for hydroxylation is 2. The molecular formula is C22H24N2O4. The minimum atomic E-state index is -1.01. The van der Waals surface area contributed by atoms with E-state index in [2.05, 4.69) is 22.9 Å². The number of aliphatic carboxylic acids is 1. The summed E-state index contributed by atoms with van der Waals surface area (Å²) in [6.07, 6.45) is 3.24. The summed E-state index contributed by atoms with van der Waals surface area (Å²) in [6.45, 7) is 0.124. The molecule has 0 saturated carbocycles. The highest BCUT2D eigenvalue weighted by Gasteiger charge is 2.12. The molecule has 6 nitrogen and oxygen atoms in total. The van der Waals surface area contributed by atoms with Crippen molar-refractivity contribution < 1.29 is 19.4 Å². The SMILES string of the molecule is CN(Cc1ccc(OCC(=O)O)cc1)C(=O)CCc1cn(C)c2ccccc12. The Balaban J connectivity index is 1.55. The molecule has 28 heavy (non-hydrogen) atoms. The largest absolute Gasteiger partial charge is 0.482 e. The van der Waals surface area contributed by atoms with Crippen molar-refractivity contribution in [3.8, 4) is 5.75 Å². The summed E-state index contributed by atoms with van der Waals surface area (Å²) in [5, 5.41) is 9.82. The fourth-order valence-corrected chi connectivity index (χ4v) is 3.26. The van der Waals surface area contributed by atoms with Crippen LogP contribution in [0.1, 0.15) is 17.5 Å². The molecule has 3 rings (SSSR count). The van der Waals surface area contributed by atoms with E-state index >= 15 is 0 Å². The van der Waals surface area contributed by atoms with Gasteiger partial charge in [-0.2, -0.15) is 0 Å². The number of carboxylic acid groups (broad SMARTS) is 1. The van der Waals surface area contributed by atoms with Crippen LogP contribution in [0.25, 0.3) is 10.9 Å². The fourth-order valence-electron chi connectivity index (χ4n) is 3.26. The van der Waals surface area contributed by atoms with Crippen LogP contribution in [0.4, 0.5) is 0 Å². The Bertz CT molecular complexity index is 976. The molecule has 0 atom stereocenters. The molecule has 2 aromatic carbocycles. The maximum absolute atomic E-state index is 12.5. The lowest BCUT2D eigenvalue weighted by atomic mass is 10.1. The first kappa shape index (κ1) is 19.5. The number of ether oxygens (including phenoxy) is 1. The highest BCUT2D eigenvalue weighted by molar-refractivity contribution is 5.85. The summed E-state index contributed by atoms with van der Waals surface area (Å²) >= 11 is 0. The van der Waals surface area contributed by atoms with Crippen molar-refractivity contribution in [3.63, 3.8) is 0 Å². The van der Waals surface area contributed by atoms with Gasteiger partial charge in [0.1, 0.15) is 5.75 Å². The van der Waals surface area contributed by atoms with Crippen LogP contribution in [-0.2, 0) is 29.6 Å². The minimum Gasteiger partial charge on any atom is -0.482 e. The topological polar surface area (TPSA) is 71.8 Å². The number of rotatable bonds is 8. The summed E-state index contributed by atoms with van der Waals surface area (Å²) in [6, 6.07) is 15.3. The average molecular weight is 380 g/mol. The summed E-state index contributed by atoms with van der Waals surface area (Å²) in [5.74, 6) is -0.434. The number of benzene rings is 2. The van der Waals surface area contributed by atoms with Crippen LogP contribution in [0.3, 0.4) is 0 Å². The number of carbonyl (C=O) groups is 2. The Morgan fingerprint density at radius 3 is 2.54 bits per heavy atom. The smallest absolute Gasteiger partial charge is 0.341 e. The number of para-hydroxylation sites is 1. The molecule has 1 amide bonds. The second kappa shape index (κ2) is 8.61. The maximum Gasteiger partial charge on any atom is 0.341 e. The summed E-state index contributed by atoms with van der Waals surface area (Å²) in [5.41, 5.74) is 3.31. The molecule has 1 aromatic heterocycles. The third kappa shape index (κ3) is 4.71. The van der Waals surface area contributed by atoms with Crippen LogP contribution in [-0.4, -0.2) is 40.1 Å². The monoisotopic (exact) mass is 380 g/mol. The summed E-state index contributed by atoms with van der Waals surface area (Å²) < 4.78 is 7.21. The maximum atomic E-state index is 12.5. The molecule has 0 saturated heterocycles. The predicted octanol–water partition coefficient (Wildman–Crippen LogP) is 3.23. The first-order valence-electron chi connectivity index (χ1n) is 9.14. The molecule has 1 N–H and O–H groups in total. The number of carboxylic acids is 1. The van der Waals surface area contributed by atoms with E-state index in [1.54, 1.807) is 24.1 Å². The van der Waals surface area contributed by atoms with Gasteiger partial charge < -0.3 is 19.3 Å². The molecule has 1 heterocycles. The Kier molecular flexibility index (Phi) is 5.99. The van der Waals surface area contributed by atoms with E-state index in [1.165, 1.54) is 16.5 Å². The third-order valence-electron chi connectivity index (χ3n) is 4.72. The van der Waals surface area contributed by atoms with Crippen molar-refractivity contribution in [3.05, 3.63) is 65.9 Å². The molecule has 6 heteroatoms. The number of carbonyl (C=O) groups excluding carboxylic acids is 1. The van der Waals surface area contributed by atoms with Gasteiger partial charge in [0.25, 0.3) is 0 Å². The molecule has 0 spiro atoms. The lowest BCUT2D eigenvalue weighted by Crippen LogP contribution is -2.26. The van der Waals surface area contributed by atoms with Gasteiger partial charge in [-0.05, 0) is 35.7 Å². The van der Waals surface area contributed by atoms with E-state index in [4.69, 9.17) is 9.84 Å². The summed E-state index contributed by atoms with van der Waals surface area (Å²) in [4.78, 5) is 24.8. The quantitative estimate of drug-likeness (QED) is 0.651. The highest BCUT2D eigenvalue weighted by atomic mass is 16.5. The van der Waals surface area contributed by atoms with Gasteiger partial charge in [-0.3, -0.25) is 4.79 Å². The van der Waals surface area contributed by atoms with E-state index in [0.29, 0.717) is 25.1 Å². The normalized spacial score (nSPS) is 10.8. The molecule has 0 bridgehead atoms. The van der Waals surface area contributed by atoms with Gasteiger partial charge in [-0.15, -0.1) is 0 Å². The zero-order valence-electron chi connectivity index (χ0n) is 16.1. The van der Waals surface area contributed by atoms with Gasteiger partial charge in [-0.25, -0.2) is 4.79 Å². The van der Waals surface area contributed by atoms with Crippen LogP contribution in [0.5, 0.6) is 5.75 Å². The Morgan fingerprint density at radius 1 is 1.11 bits per heavy atom. The zero-order valence-corrected chi connectivity index (χ0v) is 16.1. The van der Waals surface area contributed by atoms with Crippen LogP contribution in [0.15, 0.2) is 54.7 Å². The lowest BCUT2D eigenvalue weighted by Gasteiger charge is -2.17. The Morgan fingerprint density at radius 2 is 1.82 bits per heavy atom. The molecule has 0 fully saturated rings. The Hall–Kier alpha value is -3.28. The van der Waals surface area contributed by atoms with Crippen molar-refractivity contribution in [1.29, 1.82) is 0 Å². The van der Waals surface area contributed by atoms with Crippen molar-refractivity contribution in [1.82, 2.24) is 9.47 Å². The second-order valence-corrected chi connectivity index (χ2v) is 6.86. The van der Waals surface area contributed by atoms with Crippen LogP contribution in [0.2, 0.25) is 0 Å². The molecule has 0 radical (unpaired) electrons. The molecule has 0 unspecified atom stereocenters. The number of nitrogens with zero attached hydrogens (tertiary/aromatic N) is 2. The minimum absolute atomic E-state index is 0.0825. The Labute approximate surface area is 163 Å². The highest BCUT2D eigenvalue weighted by Crippen LogP contribution is 2.22. The zero-order chi connectivity index (χ0) is 20.1. The van der Waals surface area contributed by atoms with Crippen LogP contribution >= 0.6 is 0 Å². The van der Waals surface area contributed by atoms with Gasteiger partial charge >= 0.3 is 5.97 Å².